The zero-order valence-electron chi connectivity index (χ0n) is 13.7. The van der Waals surface area contributed by atoms with E-state index in [0.29, 0.717) is 31.1 Å². The molecular weight excluding hydrogens is 296 g/mol. The monoisotopic (exact) mass is 320 g/mol. The number of oxazole rings is 1. The van der Waals surface area contributed by atoms with Crippen LogP contribution in [0.3, 0.4) is 0 Å². The molecule has 1 aromatic rings. The quantitative estimate of drug-likeness (QED) is 0.824. The Bertz CT molecular complexity index is 574. The van der Waals surface area contributed by atoms with Gasteiger partial charge >= 0.3 is 0 Å². The van der Waals surface area contributed by atoms with Crippen LogP contribution in [0.15, 0.2) is 22.9 Å². The molecule has 7 nitrogen and oxygen atoms in total. The molecule has 2 N–H and O–H groups in total. The first-order chi connectivity index (χ1) is 11.0. The molecule has 7 heteroatoms. The summed E-state index contributed by atoms with van der Waals surface area (Å²) >= 11 is 0. The molecule has 1 aliphatic heterocycles. The maximum absolute atomic E-state index is 12.1. The van der Waals surface area contributed by atoms with Crippen LogP contribution in [0.4, 0.5) is 0 Å². The molecule has 0 saturated carbocycles. The summed E-state index contributed by atoms with van der Waals surface area (Å²) in [7, 11) is 1.84. The number of aromatic nitrogens is 1. The van der Waals surface area contributed by atoms with E-state index in [4.69, 9.17) is 4.42 Å². The van der Waals surface area contributed by atoms with Crippen LogP contribution in [0, 0.1) is 0 Å². The van der Waals surface area contributed by atoms with Gasteiger partial charge < -0.3 is 20.0 Å². The number of amides is 2. The predicted molar refractivity (Wildman–Crippen MR) is 85.9 cm³/mol. The average molecular weight is 320 g/mol. The van der Waals surface area contributed by atoms with E-state index in [-0.39, 0.29) is 23.5 Å². The van der Waals surface area contributed by atoms with Gasteiger partial charge in [0.2, 0.25) is 11.7 Å². The van der Waals surface area contributed by atoms with Gasteiger partial charge in [-0.3, -0.25) is 9.59 Å². The van der Waals surface area contributed by atoms with Crippen LogP contribution in [0.25, 0.3) is 0 Å². The summed E-state index contributed by atoms with van der Waals surface area (Å²) in [6.07, 6.45) is 3.71. The van der Waals surface area contributed by atoms with E-state index < -0.39 is 0 Å². The molecule has 126 valence electrons. The van der Waals surface area contributed by atoms with Crippen molar-refractivity contribution in [2.24, 2.45) is 0 Å². The molecule has 0 bridgehead atoms. The number of nitrogens with one attached hydrogen (secondary N) is 2. The molecular formula is C16H24N4O3. The van der Waals surface area contributed by atoms with Crippen molar-refractivity contribution in [2.45, 2.75) is 32.1 Å². The fraction of sp³-hybridized carbons (Fsp3) is 0.562. The number of carbonyl (C=O) groups is 2. The van der Waals surface area contributed by atoms with Gasteiger partial charge in [0.05, 0.1) is 6.20 Å². The zero-order valence-corrected chi connectivity index (χ0v) is 13.7. The second kappa shape index (κ2) is 7.92. The largest absolute Gasteiger partial charge is 0.435 e. The third-order valence-electron chi connectivity index (χ3n) is 4.00. The lowest BCUT2D eigenvalue weighted by molar-refractivity contribution is -0.129. The number of rotatable bonds is 6. The second-order valence-electron chi connectivity index (χ2n) is 5.75. The van der Waals surface area contributed by atoms with Crippen molar-refractivity contribution in [3.63, 3.8) is 0 Å². The van der Waals surface area contributed by atoms with Crippen molar-refractivity contribution in [1.29, 1.82) is 0 Å². The highest BCUT2D eigenvalue weighted by molar-refractivity contribution is 5.92. The van der Waals surface area contributed by atoms with E-state index in [0.717, 1.165) is 19.4 Å². The molecule has 2 rings (SSSR count). The van der Waals surface area contributed by atoms with E-state index >= 15 is 0 Å². The number of carbonyl (C=O) groups excluding carboxylic acids is 2. The van der Waals surface area contributed by atoms with E-state index in [1.807, 2.05) is 11.9 Å². The summed E-state index contributed by atoms with van der Waals surface area (Å²) in [5, 5.41) is 5.70. The summed E-state index contributed by atoms with van der Waals surface area (Å²) in [5.41, 5.74) is 0.636. The molecule has 0 unspecified atom stereocenters. The lowest BCUT2D eigenvalue weighted by Crippen LogP contribution is -2.36. The van der Waals surface area contributed by atoms with Gasteiger partial charge in [0.25, 0.3) is 5.91 Å². The van der Waals surface area contributed by atoms with Crippen LogP contribution < -0.4 is 10.6 Å². The van der Waals surface area contributed by atoms with Crippen LogP contribution in [-0.4, -0.2) is 48.4 Å². The minimum Gasteiger partial charge on any atom is -0.435 e. The van der Waals surface area contributed by atoms with E-state index in [1.54, 1.807) is 6.92 Å². The Labute approximate surface area is 136 Å². The number of nitrogens with zero attached hydrogens (tertiary/aromatic N) is 2. The Kier molecular flexibility index (Phi) is 5.92. The summed E-state index contributed by atoms with van der Waals surface area (Å²) in [4.78, 5) is 29.5. The van der Waals surface area contributed by atoms with Crippen molar-refractivity contribution in [2.75, 3.05) is 26.7 Å². The fourth-order valence-corrected chi connectivity index (χ4v) is 2.58. The predicted octanol–water partition coefficient (Wildman–Crippen LogP) is 1.25. The Hall–Kier alpha value is -2.15. The van der Waals surface area contributed by atoms with Crippen LogP contribution in [0.5, 0.6) is 0 Å². The molecule has 1 aromatic heterocycles. The Morgan fingerprint density at radius 1 is 1.43 bits per heavy atom. The molecule has 23 heavy (non-hydrogen) atoms. The topological polar surface area (TPSA) is 87.5 Å². The number of hydrogen-bond donors (Lipinski definition) is 2. The molecule has 0 aliphatic carbocycles. The van der Waals surface area contributed by atoms with E-state index in [9.17, 15) is 9.59 Å². The summed E-state index contributed by atoms with van der Waals surface area (Å²) in [5.74, 6) is 0.681. The average Bonchev–Trinajstić information content (AvgIpc) is 3.03. The molecule has 1 saturated heterocycles. The van der Waals surface area contributed by atoms with Crippen molar-refractivity contribution in [1.82, 2.24) is 20.5 Å². The van der Waals surface area contributed by atoms with Crippen molar-refractivity contribution in [3.8, 4) is 0 Å². The highest BCUT2D eigenvalue weighted by atomic mass is 16.4. The van der Waals surface area contributed by atoms with Crippen LogP contribution in [0.2, 0.25) is 0 Å². The molecule has 0 atom stereocenters. The molecule has 0 spiro atoms. The highest BCUT2D eigenvalue weighted by Gasteiger charge is 2.26. The van der Waals surface area contributed by atoms with Gasteiger partial charge in [-0.2, -0.15) is 0 Å². The van der Waals surface area contributed by atoms with Crippen molar-refractivity contribution < 1.29 is 14.0 Å². The third kappa shape index (κ3) is 4.66. The summed E-state index contributed by atoms with van der Waals surface area (Å²) in [6.45, 7) is 7.53. The minimum absolute atomic E-state index is 0.0935. The molecule has 2 heterocycles. The van der Waals surface area contributed by atoms with E-state index in [1.165, 1.54) is 6.20 Å². The number of hydrogen-bond acceptors (Lipinski definition) is 5. The van der Waals surface area contributed by atoms with Gasteiger partial charge in [-0.15, -0.1) is 0 Å². The number of piperidine rings is 1. The van der Waals surface area contributed by atoms with Crippen molar-refractivity contribution in [3.05, 3.63) is 30.1 Å². The molecule has 1 fully saturated rings. The molecule has 0 aromatic carbocycles. The van der Waals surface area contributed by atoms with E-state index in [2.05, 4.69) is 22.2 Å². The van der Waals surface area contributed by atoms with Crippen molar-refractivity contribution >= 4 is 11.8 Å². The van der Waals surface area contributed by atoms with Gasteiger partial charge in [-0.25, -0.2) is 4.98 Å². The van der Waals surface area contributed by atoms with Crippen LogP contribution in [-0.2, 0) is 4.79 Å². The highest BCUT2D eigenvalue weighted by Crippen LogP contribution is 2.27. The van der Waals surface area contributed by atoms with Crippen LogP contribution >= 0.6 is 0 Å². The SMILES string of the molecule is C=C(CCNC)NC(=O)c1cnc(C2CCN(C(C)=O)CC2)o1. The van der Waals surface area contributed by atoms with Gasteiger partial charge in [0, 0.05) is 38.2 Å². The maximum Gasteiger partial charge on any atom is 0.292 e. The fourth-order valence-electron chi connectivity index (χ4n) is 2.58. The standard InChI is InChI=1S/C16H24N4O3/c1-11(4-7-17-3)19-15(22)14-10-18-16(23-14)13-5-8-20(9-6-13)12(2)21/h10,13,17H,1,4-9H2,2-3H3,(H,19,22). The smallest absolute Gasteiger partial charge is 0.292 e. The van der Waals surface area contributed by atoms with Gasteiger partial charge in [-0.1, -0.05) is 6.58 Å². The molecule has 2 amide bonds. The summed E-state index contributed by atoms with van der Waals surface area (Å²) in [6, 6.07) is 0. The Morgan fingerprint density at radius 3 is 2.74 bits per heavy atom. The molecule has 0 radical (unpaired) electrons. The normalized spacial score (nSPS) is 15.5. The second-order valence-corrected chi connectivity index (χ2v) is 5.75. The Balaban J connectivity index is 1.89. The minimum atomic E-state index is -0.328. The summed E-state index contributed by atoms with van der Waals surface area (Å²) < 4.78 is 5.60. The maximum atomic E-state index is 12.1. The third-order valence-corrected chi connectivity index (χ3v) is 4.00. The number of likely N-dealkylation sites (tertiary alicyclic amines) is 1. The lowest BCUT2D eigenvalue weighted by Gasteiger charge is -2.29. The first-order valence-electron chi connectivity index (χ1n) is 7.86. The molecule has 1 aliphatic rings. The lowest BCUT2D eigenvalue weighted by atomic mass is 9.97. The first-order valence-corrected chi connectivity index (χ1v) is 7.86. The van der Waals surface area contributed by atoms with Gasteiger partial charge in [0.15, 0.2) is 5.89 Å². The van der Waals surface area contributed by atoms with Gasteiger partial charge in [-0.05, 0) is 26.3 Å². The zero-order chi connectivity index (χ0) is 16.8. The Morgan fingerprint density at radius 2 is 2.13 bits per heavy atom. The van der Waals surface area contributed by atoms with Crippen LogP contribution in [0.1, 0.15) is 48.5 Å². The first kappa shape index (κ1) is 17.2. The van der Waals surface area contributed by atoms with Gasteiger partial charge in [0.1, 0.15) is 0 Å².